The fraction of sp³-hybridized carbons (Fsp3) is 0.263. The maximum absolute atomic E-state index is 12.7. The molecule has 0 radical (unpaired) electrons. The predicted octanol–water partition coefficient (Wildman–Crippen LogP) is 3.56. The van der Waals surface area contributed by atoms with Crippen molar-refractivity contribution >= 4 is 29.2 Å². The van der Waals surface area contributed by atoms with E-state index < -0.39 is 11.4 Å². The van der Waals surface area contributed by atoms with Crippen LogP contribution in [0, 0.1) is 0 Å². The van der Waals surface area contributed by atoms with Gasteiger partial charge in [-0.25, -0.2) is 4.79 Å². The third-order valence-corrected chi connectivity index (χ3v) is 4.53. The normalized spacial score (nSPS) is 14.5. The number of amides is 1. The van der Waals surface area contributed by atoms with Gasteiger partial charge in [0, 0.05) is 10.7 Å². The average Bonchev–Trinajstić information content (AvgIpc) is 3.43. The highest BCUT2D eigenvalue weighted by Gasteiger charge is 2.51. The van der Waals surface area contributed by atoms with Crippen LogP contribution in [-0.4, -0.2) is 25.6 Å². The van der Waals surface area contributed by atoms with Crippen LogP contribution in [0.4, 0.5) is 5.69 Å². The molecule has 0 aliphatic heterocycles. The van der Waals surface area contributed by atoms with Crippen LogP contribution in [0.5, 0.6) is 5.75 Å². The maximum atomic E-state index is 12.7. The number of carbonyl (C=O) groups is 2. The molecule has 1 aliphatic rings. The summed E-state index contributed by atoms with van der Waals surface area (Å²) in [4.78, 5) is 23.7. The van der Waals surface area contributed by atoms with Gasteiger partial charge in [-0.05, 0) is 54.8 Å². The van der Waals surface area contributed by atoms with Crippen LogP contribution in [0.3, 0.4) is 0 Å². The number of halogens is 1. The fourth-order valence-corrected chi connectivity index (χ4v) is 2.75. The Morgan fingerprint density at radius 1 is 1.08 bits per heavy atom. The summed E-state index contributed by atoms with van der Waals surface area (Å²) < 4.78 is 9.79. The largest absolute Gasteiger partial charge is 0.482 e. The first kappa shape index (κ1) is 17.3. The second kappa shape index (κ2) is 7.15. The topological polar surface area (TPSA) is 64.6 Å². The van der Waals surface area contributed by atoms with Gasteiger partial charge < -0.3 is 14.8 Å². The van der Waals surface area contributed by atoms with Gasteiger partial charge in [-0.2, -0.15) is 0 Å². The third kappa shape index (κ3) is 3.94. The summed E-state index contributed by atoms with van der Waals surface area (Å²) in [5.74, 6) is 0.0521. The van der Waals surface area contributed by atoms with Crippen LogP contribution in [0.15, 0.2) is 48.5 Å². The zero-order chi connectivity index (χ0) is 17.9. The highest BCUT2D eigenvalue weighted by Crippen LogP contribution is 2.49. The summed E-state index contributed by atoms with van der Waals surface area (Å²) in [6.45, 7) is -0.151. The predicted molar refractivity (Wildman–Crippen MR) is 94.9 cm³/mol. The summed E-state index contributed by atoms with van der Waals surface area (Å²) in [5, 5.41) is 3.60. The number of anilines is 1. The monoisotopic (exact) mass is 359 g/mol. The van der Waals surface area contributed by atoms with E-state index in [1.807, 2.05) is 12.1 Å². The Kier molecular flexibility index (Phi) is 4.95. The standard InChI is InChI=1S/C19H18ClNO4/c1-24-17(22)12-25-16-8-6-15(7-9-16)21-18(23)19(10-11-19)13-2-4-14(20)5-3-13/h2-9H,10-12H2,1H3,(H,21,23). The molecule has 130 valence electrons. The zero-order valence-corrected chi connectivity index (χ0v) is 14.5. The molecule has 2 aromatic rings. The molecule has 25 heavy (non-hydrogen) atoms. The van der Waals surface area contributed by atoms with Gasteiger partial charge in [0.25, 0.3) is 0 Å². The molecule has 0 bridgehead atoms. The Morgan fingerprint density at radius 2 is 1.72 bits per heavy atom. The van der Waals surface area contributed by atoms with Crippen molar-refractivity contribution in [2.75, 3.05) is 19.0 Å². The first-order chi connectivity index (χ1) is 12.0. The van der Waals surface area contributed by atoms with Crippen molar-refractivity contribution in [3.05, 3.63) is 59.1 Å². The first-order valence-corrected chi connectivity index (χ1v) is 8.28. The molecule has 1 amide bonds. The van der Waals surface area contributed by atoms with Gasteiger partial charge in [0.15, 0.2) is 6.61 Å². The number of esters is 1. The molecule has 1 fully saturated rings. The van der Waals surface area contributed by atoms with E-state index in [1.165, 1.54) is 7.11 Å². The Morgan fingerprint density at radius 3 is 2.28 bits per heavy atom. The van der Waals surface area contributed by atoms with Crippen molar-refractivity contribution in [2.24, 2.45) is 0 Å². The molecular weight excluding hydrogens is 342 g/mol. The Hall–Kier alpha value is -2.53. The number of ether oxygens (including phenoxy) is 2. The molecule has 1 N–H and O–H groups in total. The van der Waals surface area contributed by atoms with E-state index >= 15 is 0 Å². The lowest BCUT2D eigenvalue weighted by Gasteiger charge is -2.16. The highest BCUT2D eigenvalue weighted by atomic mass is 35.5. The second-order valence-electron chi connectivity index (χ2n) is 5.93. The van der Waals surface area contributed by atoms with Gasteiger partial charge in [0.1, 0.15) is 5.75 Å². The van der Waals surface area contributed by atoms with E-state index in [1.54, 1.807) is 36.4 Å². The number of hydrogen-bond acceptors (Lipinski definition) is 4. The first-order valence-electron chi connectivity index (χ1n) is 7.91. The van der Waals surface area contributed by atoms with Gasteiger partial charge >= 0.3 is 5.97 Å². The number of nitrogens with one attached hydrogen (secondary N) is 1. The van der Waals surface area contributed by atoms with Gasteiger partial charge in [-0.1, -0.05) is 23.7 Å². The van der Waals surface area contributed by atoms with Crippen LogP contribution in [-0.2, 0) is 19.7 Å². The lowest BCUT2D eigenvalue weighted by molar-refractivity contribution is -0.142. The Balaban J connectivity index is 1.63. The molecule has 1 aliphatic carbocycles. The zero-order valence-electron chi connectivity index (χ0n) is 13.8. The molecule has 0 saturated heterocycles. The number of benzene rings is 2. The van der Waals surface area contributed by atoms with Gasteiger partial charge in [0.2, 0.25) is 5.91 Å². The minimum absolute atomic E-state index is 0.0296. The van der Waals surface area contributed by atoms with Crippen LogP contribution < -0.4 is 10.1 Å². The smallest absolute Gasteiger partial charge is 0.343 e. The molecule has 0 aromatic heterocycles. The quantitative estimate of drug-likeness (QED) is 0.801. The molecule has 3 rings (SSSR count). The molecule has 0 heterocycles. The molecule has 5 nitrogen and oxygen atoms in total. The molecular formula is C19H18ClNO4. The molecule has 2 aromatic carbocycles. The summed E-state index contributed by atoms with van der Waals surface area (Å²) in [5.41, 5.74) is 1.19. The third-order valence-electron chi connectivity index (χ3n) is 4.28. The minimum Gasteiger partial charge on any atom is -0.482 e. The summed E-state index contributed by atoms with van der Waals surface area (Å²) in [6.07, 6.45) is 1.64. The fourth-order valence-electron chi connectivity index (χ4n) is 2.63. The van der Waals surface area contributed by atoms with Crippen LogP contribution in [0.2, 0.25) is 5.02 Å². The van der Waals surface area contributed by atoms with Gasteiger partial charge in [-0.3, -0.25) is 4.79 Å². The Bertz CT molecular complexity index is 767. The number of carbonyl (C=O) groups excluding carboxylic acids is 2. The number of hydrogen-bond donors (Lipinski definition) is 1. The van der Waals surface area contributed by atoms with Crippen LogP contribution in [0.25, 0.3) is 0 Å². The van der Waals surface area contributed by atoms with Crippen molar-refractivity contribution in [3.63, 3.8) is 0 Å². The van der Waals surface area contributed by atoms with Crippen LogP contribution >= 0.6 is 11.6 Å². The van der Waals surface area contributed by atoms with E-state index in [4.69, 9.17) is 16.3 Å². The summed E-state index contributed by atoms with van der Waals surface area (Å²) in [6, 6.07) is 14.3. The molecule has 0 atom stereocenters. The van der Waals surface area contributed by atoms with E-state index in [-0.39, 0.29) is 12.5 Å². The molecule has 0 unspecified atom stereocenters. The van der Waals surface area contributed by atoms with E-state index in [0.29, 0.717) is 16.5 Å². The molecule has 6 heteroatoms. The van der Waals surface area contributed by atoms with E-state index in [9.17, 15) is 9.59 Å². The Labute approximate surface area is 150 Å². The van der Waals surface area contributed by atoms with Gasteiger partial charge in [0.05, 0.1) is 12.5 Å². The maximum Gasteiger partial charge on any atom is 0.343 e. The molecule has 0 spiro atoms. The second-order valence-corrected chi connectivity index (χ2v) is 6.37. The highest BCUT2D eigenvalue weighted by molar-refractivity contribution is 6.30. The molecule has 1 saturated carbocycles. The van der Waals surface area contributed by atoms with Crippen molar-refractivity contribution in [1.29, 1.82) is 0 Å². The average molecular weight is 360 g/mol. The summed E-state index contributed by atoms with van der Waals surface area (Å²) >= 11 is 5.92. The number of methoxy groups -OCH3 is 1. The van der Waals surface area contributed by atoms with Crippen LogP contribution in [0.1, 0.15) is 18.4 Å². The lowest BCUT2D eigenvalue weighted by atomic mass is 9.95. The van der Waals surface area contributed by atoms with Crippen molar-refractivity contribution < 1.29 is 19.1 Å². The SMILES string of the molecule is COC(=O)COc1ccc(NC(=O)C2(c3ccc(Cl)cc3)CC2)cc1. The lowest BCUT2D eigenvalue weighted by Crippen LogP contribution is -2.27. The van der Waals surface area contributed by atoms with E-state index in [2.05, 4.69) is 10.1 Å². The van der Waals surface area contributed by atoms with Gasteiger partial charge in [-0.15, -0.1) is 0 Å². The minimum atomic E-state index is -0.468. The number of rotatable bonds is 6. The van der Waals surface area contributed by atoms with Crippen molar-refractivity contribution in [2.45, 2.75) is 18.3 Å². The van der Waals surface area contributed by atoms with Crippen molar-refractivity contribution in [3.8, 4) is 5.75 Å². The van der Waals surface area contributed by atoms with E-state index in [0.717, 1.165) is 18.4 Å². The summed E-state index contributed by atoms with van der Waals surface area (Å²) in [7, 11) is 1.30. The van der Waals surface area contributed by atoms with Crippen molar-refractivity contribution in [1.82, 2.24) is 0 Å².